The van der Waals surface area contributed by atoms with Gasteiger partial charge in [0.05, 0.1) is 22.8 Å². The van der Waals surface area contributed by atoms with Crippen molar-refractivity contribution in [3.8, 4) is 22.8 Å². The van der Waals surface area contributed by atoms with Gasteiger partial charge in [0.25, 0.3) is 12.9 Å². The minimum Gasteiger partial charge on any atom is -2.00 e. The first-order valence-electron chi connectivity index (χ1n) is 9.85. The van der Waals surface area contributed by atoms with Crippen LogP contribution in [0.5, 0.6) is 0 Å². The number of rotatable bonds is 4. The molecule has 0 unspecified atom stereocenters. The molecule has 4 heterocycles. The fourth-order valence-electron chi connectivity index (χ4n) is 2.06. The molecule has 4 rings (SSSR count). The number of aromatic nitrogens is 4. The molecule has 14 nitrogen and oxygen atoms in total. The van der Waals surface area contributed by atoms with Gasteiger partial charge in [-0.1, -0.05) is 24.3 Å². The standard InChI is InChI=1S/2C10H8N2.2C2H2F2O2.2Mo.2H2O.4O/c2*1-3-7-11-9(5-1)10-6-2-4-8-12-10;2*3-1(4)2(5)6;;;;;;;;/h2*1-8H;2*1H,(H,5,6);;;2*1H2;;;;/q;;;;;;;;4*-2/p-2. The first kappa shape index (κ1) is 59.7. The van der Waals surface area contributed by atoms with E-state index >= 15 is 0 Å². The van der Waals surface area contributed by atoms with Crippen molar-refractivity contribution < 1.29 is 112 Å². The molecule has 0 bridgehead atoms. The second kappa shape index (κ2) is 35.6. The molecule has 0 aliphatic rings. The SMILES string of the molecule is O.O.O=C([O-])C(F)F.O=C([O-])C(F)F.[Mo].[Mo].[O-2].[O-2].[O-2].[O-2].c1ccc(-c2ccccn2)nc1.c1ccc(-c2ccccn2)nc1. The van der Waals surface area contributed by atoms with Crippen molar-refractivity contribution in [3.05, 3.63) is 97.6 Å². The summed E-state index contributed by atoms with van der Waals surface area (Å²) in [4.78, 5) is 34.4. The molecule has 4 aromatic rings. The van der Waals surface area contributed by atoms with Gasteiger partial charge in [-0.25, -0.2) is 17.6 Å². The summed E-state index contributed by atoms with van der Waals surface area (Å²) in [5.41, 5.74) is 3.66. The monoisotopic (exact) mass is 798 g/mol. The van der Waals surface area contributed by atoms with E-state index in [2.05, 4.69) is 19.9 Å². The molecule has 0 atom stereocenters. The Bertz CT molecular complexity index is 1000. The first-order chi connectivity index (χ1) is 17.2. The molecule has 248 valence electrons. The molecule has 0 radical (unpaired) electrons. The van der Waals surface area contributed by atoms with Gasteiger partial charge in [-0.15, -0.1) is 0 Å². The molecule has 4 N–H and O–H groups in total. The number of alkyl halides is 4. The van der Waals surface area contributed by atoms with Gasteiger partial charge in [-0.05, 0) is 48.5 Å². The Morgan fingerprint density at radius 2 is 0.636 bits per heavy atom. The number of hydrogen-bond donors (Lipinski definition) is 0. The van der Waals surface area contributed by atoms with Crippen LogP contribution in [0.4, 0.5) is 17.6 Å². The van der Waals surface area contributed by atoms with Gasteiger partial charge < -0.3 is 52.7 Å². The molecule has 44 heavy (non-hydrogen) atoms. The van der Waals surface area contributed by atoms with Gasteiger partial charge in [0.15, 0.2) is 0 Å². The van der Waals surface area contributed by atoms with Crippen LogP contribution in [0, 0.1) is 0 Å². The predicted octanol–water partition coefficient (Wildman–Crippen LogP) is 0.160. The summed E-state index contributed by atoms with van der Waals surface area (Å²) in [6.45, 7) is 0. The zero-order valence-corrected chi connectivity index (χ0v) is 25.8. The maximum atomic E-state index is 10.5. The Morgan fingerprint density at radius 1 is 0.477 bits per heavy atom. The van der Waals surface area contributed by atoms with Crippen LogP contribution in [0.2, 0.25) is 0 Å². The second-order valence-electron chi connectivity index (χ2n) is 6.10. The van der Waals surface area contributed by atoms with Gasteiger partial charge in [0.2, 0.25) is 0 Å². The Labute approximate surface area is 276 Å². The summed E-state index contributed by atoms with van der Waals surface area (Å²) in [5.74, 6) is -4.65. The van der Waals surface area contributed by atoms with Crippen molar-refractivity contribution in [3.63, 3.8) is 0 Å². The summed E-state index contributed by atoms with van der Waals surface area (Å²) < 4.78 is 42.0. The molecule has 0 spiro atoms. The summed E-state index contributed by atoms with van der Waals surface area (Å²) in [7, 11) is 0. The third-order valence-electron chi connectivity index (χ3n) is 3.54. The van der Waals surface area contributed by atoms with Gasteiger partial charge in [0, 0.05) is 66.9 Å². The van der Waals surface area contributed by atoms with Crippen molar-refractivity contribution in [2.24, 2.45) is 0 Å². The van der Waals surface area contributed by atoms with Crippen LogP contribution < -0.4 is 10.2 Å². The summed E-state index contributed by atoms with van der Waals surface area (Å²) in [6, 6.07) is 23.2. The van der Waals surface area contributed by atoms with Crippen LogP contribution in [-0.2, 0) is 73.6 Å². The van der Waals surface area contributed by atoms with E-state index in [4.69, 9.17) is 19.8 Å². The van der Waals surface area contributed by atoms with Gasteiger partial charge in [-0.2, -0.15) is 0 Å². The van der Waals surface area contributed by atoms with E-state index in [0.29, 0.717) is 0 Å². The van der Waals surface area contributed by atoms with E-state index in [9.17, 15) is 17.6 Å². The van der Waals surface area contributed by atoms with Crippen molar-refractivity contribution in [2.45, 2.75) is 12.9 Å². The molecule has 0 aromatic carbocycles. The average Bonchev–Trinajstić information content (AvgIpc) is 2.92. The zero-order valence-electron chi connectivity index (χ0n) is 21.8. The Kier molecular flexibility index (Phi) is 48.3. The molecule has 20 heteroatoms. The molecule has 0 saturated heterocycles. The van der Waals surface area contributed by atoms with E-state index in [-0.39, 0.29) is 75.0 Å². The largest absolute Gasteiger partial charge is 2.00 e. The molecule has 0 fully saturated rings. The Balaban J connectivity index is -0.0000000645. The molecular formula is C24H22F4Mo2N4O10-10. The van der Waals surface area contributed by atoms with E-state index < -0.39 is 24.8 Å². The average molecular weight is 794 g/mol. The number of hydrogen-bond acceptors (Lipinski definition) is 8. The van der Waals surface area contributed by atoms with Crippen LogP contribution in [0.25, 0.3) is 22.8 Å². The van der Waals surface area contributed by atoms with Crippen LogP contribution >= 0.6 is 0 Å². The number of pyridine rings is 4. The maximum absolute atomic E-state index is 10.5. The molecule has 0 aliphatic carbocycles. The van der Waals surface area contributed by atoms with Gasteiger partial charge >= 0.3 is 0 Å². The summed E-state index contributed by atoms with van der Waals surface area (Å²) in [5, 5.41) is 17.7. The topological polar surface area (TPSA) is 309 Å². The Morgan fingerprint density at radius 3 is 0.727 bits per heavy atom. The number of carbonyl (C=O) groups excluding carboxylic acids is 2. The van der Waals surface area contributed by atoms with Gasteiger partial charge in [-0.3, -0.25) is 19.9 Å². The quantitative estimate of drug-likeness (QED) is 0.202. The van der Waals surface area contributed by atoms with E-state index in [1.54, 1.807) is 24.8 Å². The maximum Gasteiger partial charge on any atom is 0.277 e. The number of carbonyl (C=O) groups is 2. The van der Waals surface area contributed by atoms with Crippen LogP contribution in [0.3, 0.4) is 0 Å². The number of nitrogens with zero attached hydrogens (tertiary/aromatic N) is 4. The van der Waals surface area contributed by atoms with Crippen LogP contribution in [0.15, 0.2) is 97.6 Å². The molecular weight excluding hydrogens is 772 g/mol. The molecule has 0 amide bonds. The normalized spacial score (nSPS) is 7.77. The summed E-state index contributed by atoms with van der Waals surface area (Å²) >= 11 is 0. The minimum atomic E-state index is -3.34. The number of carboxylic acids is 2. The fourth-order valence-corrected chi connectivity index (χ4v) is 2.06. The van der Waals surface area contributed by atoms with Crippen molar-refractivity contribution in [1.82, 2.24) is 19.9 Å². The molecule has 0 aliphatic heterocycles. The van der Waals surface area contributed by atoms with E-state index in [1.807, 2.05) is 72.8 Å². The summed E-state index contributed by atoms with van der Waals surface area (Å²) in [6.07, 6.45) is 0.386. The Hall–Kier alpha value is -3.60. The minimum absolute atomic E-state index is 0. The zero-order chi connectivity index (χ0) is 26.8. The molecule has 0 saturated carbocycles. The fraction of sp³-hybridized carbons (Fsp3) is 0.0833. The van der Waals surface area contributed by atoms with E-state index in [0.717, 1.165) is 22.8 Å². The first-order valence-corrected chi connectivity index (χ1v) is 9.85. The number of carboxylic acid groups (broad SMARTS) is 2. The van der Waals surface area contributed by atoms with Crippen molar-refractivity contribution >= 4 is 11.9 Å². The molecule has 4 aromatic heterocycles. The van der Waals surface area contributed by atoms with Crippen LogP contribution in [0.1, 0.15) is 0 Å². The third kappa shape index (κ3) is 27.2. The van der Waals surface area contributed by atoms with Gasteiger partial charge in [0.1, 0.15) is 11.9 Å². The number of halogens is 4. The van der Waals surface area contributed by atoms with Crippen molar-refractivity contribution in [1.29, 1.82) is 0 Å². The van der Waals surface area contributed by atoms with Crippen LogP contribution in [-0.4, -0.2) is 55.7 Å². The predicted molar refractivity (Wildman–Crippen MR) is 127 cm³/mol. The third-order valence-corrected chi connectivity index (χ3v) is 3.54. The number of aliphatic carboxylic acids is 2. The second-order valence-corrected chi connectivity index (χ2v) is 6.10. The van der Waals surface area contributed by atoms with E-state index in [1.165, 1.54) is 0 Å². The van der Waals surface area contributed by atoms with Crippen molar-refractivity contribution in [2.75, 3.05) is 0 Å². The smallest absolute Gasteiger partial charge is 0.277 e.